The molecule has 1 N–H and O–H groups in total. The number of ether oxygens (including phenoxy) is 1. The molecular weight excluding hydrogens is 448 g/mol. The van der Waals surface area contributed by atoms with Crippen molar-refractivity contribution in [3.05, 3.63) is 65.4 Å². The predicted molar refractivity (Wildman–Crippen MR) is 128 cm³/mol. The number of carbonyl (C=O) groups excluding carboxylic acids is 1. The van der Waals surface area contributed by atoms with Gasteiger partial charge in [-0.05, 0) is 31.4 Å². The van der Waals surface area contributed by atoms with Gasteiger partial charge in [-0.15, -0.1) is 0 Å². The lowest BCUT2D eigenvalue weighted by molar-refractivity contribution is -0.119. The Morgan fingerprint density at radius 3 is 2.83 bits per heavy atom. The first-order valence-electron chi connectivity index (χ1n) is 11.3. The molecule has 1 amide bonds. The summed E-state index contributed by atoms with van der Waals surface area (Å²) in [7, 11) is 1.49. The molecule has 178 valence electrons. The molecule has 0 aromatic carbocycles. The molecule has 1 aliphatic rings. The van der Waals surface area contributed by atoms with Crippen LogP contribution in [0, 0.1) is 5.92 Å². The van der Waals surface area contributed by atoms with Crippen molar-refractivity contribution in [3.8, 4) is 28.8 Å². The second kappa shape index (κ2) is 9.45. The van der Waals surface area contributed by atoms with Crippen LogP contribution in [-0.4, -0.2) is 47.3 Å². The quantitative estimate of drug-likeness (QED) is 0.482. The van der Waals surface area contributed by atoms with Crippen molar-refractivity contribution in [3.63, 3.8) is 0 Å². The Morgan fingerprint density at radius 1 is 1.11 bits per heavy atom. The van der Waals surface area contributed by atoms with Crippen LogP contribution in [0.3, 0.4) is 0 Å². The highest BCUT2D eigenvalue weighted by Crippen LogP contribution is 2.35. The Bertz CT molecular complexity index is 1440. The number of hydrogen-bond acceptors (Lipinski definition) is 8. The third-order valence-corrected chi connectivity index (χ3v) is 5.94. The fraction of sp³-hybridized carbons (Fsp3) is 0.292. The van der Waals surface area contributed by atoms with Crippen molar-refractivity contribution >= 4 is 11.6 Å². The van der Waals surface area contributed by atoms with Gasteiger partial charge in [0.1, 0.15) is 17.7 Å². The molecule has 5 rings (SSSR count). The number of methoxy groups -OCH3 is 1. The summed E-state index contributed by atoms with van der Waals surface area (Å²) in [5.41, 5.74) is 2.20. The van der Waals surface area contributed by atoms with E-state index in [1.165, 1.54) is 47.3 Å². The van der Waals surface area contributed by atoms with Crippen LogP contribution in [0.25, 0.3) is 22.9 Å². The Hall–Kier alpha value is -4.41. The van der Waals surface area contributed by atoms with Gasteiger partial charge in [0.05, 0.1) is 19.5 Å². The summed E-state index contributed by atoms with van der Waals surface area (Å²) in [6.45, 7) is 1.90. The number of rotatable bonds is 3. The zero-order chi connectivity index (χ0) is 24.4. The number of pyridine rings is 1. The minimum atomic E-state index is -0.344. The first-order chi connectivity index (χ1) is 17.0. The van der Waals surface area contributed by atoms with Gasteiger partial charge in [-0.1, -0.05) is 13.3 Å². The standard InChI is InChI=1S/C24H24N8O3/c1-15-5-3-4-6-17-11-16(7-10-27-17)21-22(29-23(15)34)24(31-14-25-9-8-20(31)33)32(30-21)18-12-26-13-19(28-18)35-2/h7-15H,3-6H2,1-2H3,(H,29,34). The fourth-order valence-corrected chi connectivity index (χ4v) is 4.05. The lowest BCUT2D eigenvalue weighted by Crippen LogP contribution is -2.25. The van der Waals surface area contributed by atoms with Crippen LogP contribution >= 0.6 is 0 Å². The summed E-state index contributed by atoms with van der Waals surface area (Å²) in [5, 5.41) is 7.84. The number of aryl methyl sites for hydroxylation is 1. The Balaban J connectivity index is 1.83. The van der Waals surface area contributed by atoms with Gasteiger partial charge < -0.3 is 10.1 Å². The van der Waals surface area contributed by atoms with Crippen LogP contribution in [-0.2, 0) is 11.2 Å². The summed E-state index contributed by atoms with van der Waals surface area (Å²) < 4.78 is 8.03. The first-order valence-corrected chi connectivity index (χ1v) is 11.3. The topological polar surface area (TPSA) is 130 Å². The summed E-state index contributed by atoms with van der Waals surface area (Å²) in [4.78, 5) is 43.4. The summed E-state index contributed by atoms with van der Waals surface area (Å²) in [6, 6.07) is 5.12. The molecule has 0 spiro atoms. The smallest absolute Gasteiger partial charge is 0.259 e. The van der Waals surface area contributed by atoms with Crippen LogP contribution in [0.5, 0.6) is 5.88 Å². The SMILES string of the molecule is COc1cncc(-n2nc3c(c2-n2cnccc2=O)NC(=O)C(C)CCCCc2cc-3ccn2)n1. The van der Waals surface area contributed by atoms with Gasteiger partial charge in [-0.25, -0.2) is 9.55 Å². The van der Waals surface area contributed by atoms with Crippen LogP contribution in [0.2, 0.25) is 0 Å². The van der Waals surface area contributed by atoms with Gasteiger partial charge >= 0.3 is 0 Å². The molecule has 11 nitrogen and oxygen atoms in total. The van der Waals surface area contributed by atoms with E-state index in [0.29, 0.717) is 17.2 Å². The van der Waals surface area contributed by atoms with Gasteiger partial charge in [0.15, 0.2) is 11.6 Å². The molecule has 0 fully saturated rings. The molecule has 2 bridgehead atoms. The maximum absolute atomic E-state index is 13.2. The molecule has 0 aliphatic carbocycles. The van der Waals surface area contributed by atoms with Crippen LogP contribution in [0.1, 0.15) is 31.9 Å². The maximum Gasteiger partial charge on any atom is 0.259 e. The highest BCUT2D eigenvalue weighted by molar-refractivity contribution is 5.98. The van der Waals surface area contributed by atoms with E-state index in [0.717, 1.165) is 36.9 Å². The van der Waals surface area contributed by atoms with E-state index in [1.54, 1.807) is 6.20 Å². The van der Waals surface area contributed by atoms with E-state index in [1.807, 2.05) is 19.1 Å². The molecule has 0 saturated carbocycles. The number of aromatic nitrogens is 7. The first kappa shape index (κ1) is 22.4. The van der Waals surface area contributed by atoms with Crippen LogP contribution in [0.4, 0.5) is 5.69 Å². The monoisotopic (exact) mass is 472 g/mol. The number of hydrogen-bond donors (Lipinski definition) is 1. The number of amides is 1. The number of nitrogens with one attached hydrogen (secondary N) is 1. The van der Waals surface area contributed by atoms with Gasteiger partial charge in [0, 0.05) is 35.6 Å². The highest BCUT2D eigenvalue weighted by Gasteiger charge is 2.27. The molecule has 11 heteroatoms. The minimum absolute atomic E-state index is 0.157. The normalized spacial score (nSPS) is 15.9. The second-order valence-corrected chi connectivity index (χ2v) is 8.34. The third kappa shape index (κ3) is 4.39. The molecule has 0 saturated heterocycles. The van der Waals surface area contributed by atoms with Crippen molar-refractivity contribution < 1.29 is 9.53 Å². The molecule has 1 atom stereocenters. The molecular formula is C24H24N8O3. The lowest BCUT2D eigenvalue weighted by Gasteiger charge is -2.16. The largest absolute Gasteiger partial charge is 0.480 e. The number of fused-ring (bicyclic) bond motifs is 4. The molecule has 1 aliphatic heterocycles. The third-order valence-electron chi connectivity index (χ3n) is 5.94. The van der Waals surface area contributed by atoms with E-state index in [-0.39, 0.29) is 29.1 Å². The van der Waals surface area contributed by atoms with E-state index < -0.39 is 0 Å². The van der Waals surface area contributed by atoms with Crippen molar-refractivity contribution in [2.75, 3.05) is 12.4 Å². The average molecular weight is 473 g/mol. The Labute approximate surface area is 200 Å². The predicted octanol–water partition coefficient (Wildman–Crippen LogP) is 2.58. The van der Waals surface area contributed by atoms with Crippen LogP contribution in [0.15, 0.2) is 54.1 Å². The summed E-state index contributed by atoms with van der Waals surface area (Å²) in [6.07, 6.45) is 10.9. The van der Waals surface area contributed by atoms with Crippen molar-refractivity contribution in [2.24, 2.45) is 5.92 Å². The number of carbonyl (C=O) groups is 1. The van der Waals surface area contributed by atoms with Gasteiger partial charge in [0.25, 0.3) is 5.56 Å². The van der Waals surface area contributed by atoms with Gasteiger partial charge in [0.2, 0.25) is 11.8 Å². The van der Waals surface area contributed by atoms with E-state index in [2.05, 4.69) is 25.3 Å². The van der Waals surface area contributed by atoms with Crippen LogP contribution < -0.4 is 15.6 Å². The fourth-order valence-electron chi connectivity index (χ4n) is 4.05. The minimum Gasteiger partial charge on any atom is -0.480 e. The highest BCUT2D eigenvalue weighted by atomic mass is 16.5. The molecule has 0 radical (unpaired) electrons. The van der Waals surface area contributed by atoms with Gasteiger partial charge in [-0.3, -0.25) is 19.6 Å². The Kier molecular flexibility index (Phi) is 6.04. The summed E-state index contributed by atoms with van der Waals surface area (Å²) >= 11 is 0. The van der Waals surface area contributed by atoms with Crippen molar-refractivity contribution in [1.82, 2.24) is 34.3 Å². The van der Waals surface area contributed by atoms with E-state index >= 15 is 0 Å². The van der Waals surface area contributed by atoms with Crippen molar-refractivity contribution in [1.29, 1.82) is 0 Å². The van der Waals surface area contributed by atoms with Gasteiger partial charge in [-0.2, -0.15) is 14.8 Å². The average Bonchev–Trinajstić information content (AvgIpc) is 3.25. The maximum atomic E-state index is 13.2. The zero-order valence-electron chi connectivity index (χ0n) is 19.4. The number of nitrogens with zero attached hydrogens (tertiary/aromatic N) is 7. The molecule has 35 heavy (non-hydrogen) atoms. The lowest BCUT2D eigenvalue weighted by atomic mass is 10.00. The van der Waals surface area contributed by atoms with E-state index in [9.17, 15) is 9.59 Å². The van der Waals surface area contributed by atoms with Crippen molar-refractivity contribution in [2.45, 2.75) is 32.6 Å². The second-order valence-electron chi connectivity index (χ2n) is 8.34. The molecule has 5 heterocycles. The molecule has 1 unspecified atom stereocenters. The summed E-state index contributed by atoms with van der Waals surface area (Å²) in [5.74, 6) is 0.489. The molecule has 4 aromatic heterocycles. The molecule has 4 aromatic rings. The number of anilines is 1. The zero-order valence-corrected chi connectivity index (χ0v) is 19.4. The van der Waals surface area contributed by atoms with E-state index in [4.69, 9.17) is 9.84 Å². The Morgan fingerprint density at radius 2 is 2.00 bits per heavy atom.